The van der Waals surface area contributed by atoms with Gasteiger partial charge in [0.15, 0.2) is 0 Å². The third-order valence-corrected chi connectivity index (χ3v) is 6.40. The van der Waals surface area contributed by atoms with Gasteiger partial charge in [-0.3, -0.25) is 19.5 Å². The average molecular weight is 468 g/mol. The molecular formula is C24H26ClN5O3. The zero-order valence-corrected chi connectivity index (χ0v) is 19.5. The molecule has 2 aromatic rings. The molecule has 0 bridgehead atoms. The second-order valence-electron chi connectivity index (χ2n) is 8.53. The summed E-state index contributed by atoms with van der Waals surface area (Å²) in [6.45, 7) is 6.17. The highest BCUT2D eigenvalue weighted by Crippen LogP contribution is 2.39. The highest BCUT2D eigenvalue weighted by atomic mass is 35.5. The molecule has 0 aliphatic carbocycles. The fourth-order valence-corrected chi connectivity index (χ4v) is 4.33. The molecule has 33 heavy (non-hydrogen) atoms. The van der Waals surface area contributed by atoms with E-state index in [4.69, 9.17) is 11.6 Å². The van der Waals surface area contributed by atoms with E-state index in [1.807, 2.05) is 13.0 Å². The van der Waals surface area contributed by atoms with E-state index < -0.39 is 11.6 Å². The van der Waals surface area contributed by atoms with Gasteiger partial charge in [0.05, 0.1) is 23.9 Å². The van der Waals surface area contributed by atoms with Gasteiger partial charge >= 0.3 is 6.03 Å². The van der Waals surface area contributed by atoms with Crippen molar-refractivity contribution >= 4 is 29.4 Å². The molecule has 0 saturated heterocycles. The molecule has 1 unspecified atom stereocenters. The second-order valence-corrected chi connectivity index (χ2v) is 8.97. The number of halogens is 1. The van der Waals surface area contributed by atoms with Crippen LogP contribution in [0.1, 0.15) is 37.9 Å². The molecule has 0 spiro atoms. The van der Waals surface area contributed by atoms with Gasteiger partial charge in [0.1, 0.15) is 5.54 Å². The zero-order valence-electron chi connectivity index (χ0n) is 18.8. The topological polar surface area (TPSA) is 94.6 Å². The number of benzene rings is 1. The van der Waals surface area contributed by atoms with Crippen molar-refractivity contribution < 1.29 is 14.4 Å². The predicted molar refractivity (Wildman–Crippen MR) is 124 cm³/mol. The van der Waals surface area contributed by atoms with Gasteiger partial charge < -0.3 is 15.5 Å². The predicted octanol–water partition coefficient (Wildman–Crippen LogP) is 3.01. The van der Waals surface area contributed by atoms with Crippen LogP contribution in [0.5, 0.6) is 0 Å². The number of aromatic nitrogens is 1. The monoisotopic (exact) mass is 467 g/mol. The first-order chi connectivity index (χ1) is 15.7. The number of amides is 4. The van der Waals surface area contributed by atoms with Crippen LogP contribution in [0, 0.1) is 0 Å². The van der Waals surface area contributed by atoms with Gasteiger partial charge in [0, 0.05) is 30.5 Å². The Bertz CT molecular complexity index is 1110. The van der Waals surface area contributed by atoms with E-state index in [2.05, 4.69) is 15.6 Å². The molecule has 0 radical (unpaired) electrons. The second kappa shape index (κ2) is 8.86. The standard InChI is InChI=1S/C24H26ClN5O3/c1-4-29-18-14-30(24(2,3)22(32)27-13-15-6-5-11-26-12-15)21(31)19(18)20(28-23(29)33)16-7-9-17(25)10-8-16/h5-12,20H,4,13-14H2,1-3H3,(H,27,32)(H,28,33). The first-order valence-corrected chi connectivity index (χ1v) is 11.2. The van der Waals surface area contributed by atoms with Crippen LogP contribution in [-0.2, 0) is 16.1 Å². The van der Waals surface area contributed by atoms with Crippen LogP contribution < -0.4 is 10.6 Å². The minimum atomic E-state index is -1.14. The molecule has 8 nitrogen and oxygen atoms in total. The van der Waals surface area contributed by atoms with Crippen molar-refractivity contribution in [2.24, 2.45) is 0 Å². The van der Waals surface area contributed by atoms with Crippen molar-refractivity contribution in [3.05, 3.63) is 76.2 Å². The Kier molecular flexibility index (Phi) is 6.12. The summed E-state index contributed by atoms with van der Waals surface area (Å²) in [5.74, 6) is -0.560. The number of pyridine rings is 1. The first kappa shape index (κ1) is 22.8. The van der Waals surface area contributed by atoms with Crippen molar-refractivity contribution in [3.63, 3.8) is 0 Å². The number of hydrogen-bond acceptors (Lipinski definition) is 4. The number of hydrogen-bond donors (Lipinski definition) is 2. The maximum Gasteiger partial charge on any atom is 0.322 e. The van der Waals surface area contributed by atoms with E-state index in [0.717, 1.165) is 11.1 Å². The van der Waals surface area contributed by atoms with E-state index in [0.29, 0.717) is 29.4 Å². The third-order valence-electron chi connectivity index (χ3n) is 6.15. The number of urea groups is 1. The first-order valence-electron chi connectivity index (χ1n) is 10.8. The number of carbonyl (C=O) groups excluding carboxylic acids is 3. The number of carbonyl (C=O) groups is 3. The summed E-state index contributed by atoms with van der Waals surface area (Å²) >= 11 is 6.03. The van der Waals surface area contributed by atoms with Crippen LogP contribution in [0.15, 0.2) is 60.1 Å². The van der Waals surface area contributed by atoms with Gasteiger partial charge in [-0.25, -0.2) is 4.79 Å². The Morgan fingerprint density at radius 1 is 1.24 bits per heavy atom. The smallest absolute Gasteiger partial charge is 0.322 e. The summed E-state index contributed by atoms with van der Waals surface area (Å²) in [7, 11) is 0. The summed E-state index contributed by atoms with van der Waals surface area (Å²) in [6, 6.07) is 9.82. The Morgan fingerprint density at radius 3 is 2.61 bits per heavy atom. The fraction of sp³-hybridized carbons (Fsp3) is 0.333. The largest absolute Gasteiger partial charge is 0.350 e. The normalized spacial score (nSPS) is 18.4. The van der Waals surface area contributed by atoms with Crippen LogP contribution in [0.25, 0.3) is 0 Å². The Hall–Kier alpha value is -3.39. The van der Waals surface area contributed by atoms with Crippen LogP contribution in [0.3, 0.4) is 0 Å². The van der Waals surface area contributed by atoms with Gasteiger partial charge in [0.2, 0.25) is 5.91 Å². The zero-order chi connectivity index (χ0) is 23.8. The lowest BCUT2D eigenvalue weighted by Gasteiger charge is -2.35. The lowest BCUT2D eigenvalue weighted by molar-refractivity contribution is -0.141. The highest BCUT2D eigenvalue weighted by Gasteiger charge is 2.49. The highest BCUT2D eigenvalue weighted by molar-refractivity contribution is 6.30. The number of rotatable bonds is 6. The van der Waals surface area contributed by atoms with E-state index in [1.54, 1.807) is 61.5 Å². The quantitative estimate of drug-likeness (QED) is 0.682. The van der Waals surface area contributed by atoms with Crippen LogP contribution in [0.2, 0.25) is 5.02 Å². The molecule has 1 aromatic heterocycles. The Labute approximate surface area is 197 Å². The molecule has 4 rings (SSSR count). The van der Waals surface area contributed by atoms with Crippen molar-refractivity contribution in [1.82, 2.24) is 25.4 Å². The summed E-state index contributed by atoms with van der Waals surface area (Å²) in [5, 5.41) is 6.40. The molecule has 1 atom stereocenters. The van der Waals surface area contributed by atoms with E-state index >= 15 is 0 Å². The minimum absolute atomic E-state index is 0.173. The fourth-order valence-electron chi connectivity index (χ4n) is 4.21. The summed E-state index contributed by atoms with van der Waals surface area (Å²) in [5.41, 5.74) is 1.58. The molecule has 0 saturated carbocycles. The maximum absolute atomic E-state index is 13.7. The van der Waals surface area contributed by atoms with Crippen molar-refractivity contribution in [3.8, 4) is 0 Å². The lowest BCUT2D eigenvalue weighted by Crippen LogP contribution is -2.56. The number of nitrogens with one attached hydrogen (secondary N) is 2. The van der Waals surface area contributed by atoms with Gasteiger partial charge in [-0.2, -0.15) is 0 Å². The Balaban J connectivity index is 1.61. The summed E-state index contributed by atoms with van der Waals surface area (Å²) in [4.78, 5) is 46.7. The molecule has 2 aliphatic rings. The average Bonchev–Trinajstić information content (AvgIpc) is 3.16. The van der Waals surface area contributed by atoms with Gasteiger partial charge in [0.25, 0.3) is 5.91 Å². The summed E-state index contributed by atoms with van der Waals surface area (Å²) in [6.07, 6.45) is 3.35. The molecule has 2 aliphatic heterocycles. The molecule has 3 heterocycles. The van der Waals surface area contributed by atoms with Crippen molar-refractivity contribution in [2.75, 3.05) is 13.1 Å². The molecule has 172 valence electrons. The molecule has 1 aromatic carbocycles. The molecule has 2 N–H and O–H groups in total. The minimum Gasteiger partial charge on any atom is -0.350 e. The van der Waals surface area contributed by atoms with Gasteiger partial charge in [-0.15, -0.1) is 0 Å². The van der Waals surface area contributed by atoms with E-state index in [9.17, 15) is 14.4 Å². The van der Waals surface area contributed by atoms with E-state index in [1.165, 1.54) is 4.90 Å². The molecule has 0 fully saturated rings. The van der Waals surface area contributed by atoms with Crippen LogP contribution in [-0.4, -0.2) is 51.3 Å². The van der Waals surface area contributed by atoms with Crippen LogP contribution in [0.4, 0.5) is 4.79 Å². The van der Waals surface area contributed by atoms with Crippen molar-refractivity contribution in [1.29, 1.82) is 0 Å². The molecule has 9 heteroatoms. The van der Waals surface area contributed by atoms with Crippen LogP contribution >= 0.6 is 11.6 Å². The molecular weight excluding hydrogens is 442 g/mol. The lowest BCUT2D eigenvalue weighted by atomic mass is 9.95. The van der Waals surface area contributed by atoms with Gasteiger partial charge in [-0.1, -0.05) is 29.8 Å². The number of likely N-dealkylation sites (N-methyl/N-ethyl adjacent to an activating group) is 1. The van der Waals surface area contributed by atoms with Crippen molar-refractivity contribution in [2.45, 2.75) is 38.9 Å². The molecule has 4 amide bonds. The van der Waals surface area contributed by atoms with E-state index in [-0.39, 0.29) is 24.4 Å². The Morgan fingerprint density at radius 2 is 1.97 bits per heavy atom. The SMILES string of the molecule is CCN1C(=O)NC(c2ccc(Cl)cc2)C2=C1CN(C(C)(C)C(=O)NCc1cccnc1)C2=O. The number of nitrogens with zero attached hydrogens (tertiary/aromatic N) is 3. The third kappa shape index (κ3) is 4.18. The maximum atomic E-state index is 13.7. The summed E-state index contributed by atoms with van der Waals surface area (Å²) < 4.78 is 0. The van der Waals surface area contributed by atoms with Gasteiger partial charge in [-0.05, 0) is 50.1 Å².